The van der Waals surface area contributed by atoms with Gasteiger partial charge >= 0.3 is 0 Å². The van der Waals surface area contributed by atoms with Crippen LogP contribution in [0, 0.1) is 0 Å². The van der Waals surface area contributed by atoms with Gasteiger partial charge in [0, 0.05) is 35.7 Å². The lowest BCUT2D eigenvalue weighted by atomic mass is 10.2. The van der Waals surface area contributed by atoms with E-state index < -0.39 is 0 Å². The van der Waals surface area contributed by atoms with Crippen LogP contribution in [-0.2, 0) is 0 Å². The highest BCUT2D eigenvalue weighted by atomic mass is 32.1. The molecule has 0 aliphatic carbocycles. The predicted molar refractivity (Wildman–Crippen MR) is 77.5 cm³/mol. The number of aromatic nitrogens is 3. The third kappa shape index (κ3) is 2.70. The molecule has 20 heavy (non-hydrogen) atoms. The minimum absolute atomic E-state index is 0.214. The maximum absolute atomic E-state index is 12.0. The molecule has 0 radical (unpaired) electrons. The van der Waals surface area contributed by atoms with E-state index in [0.717, 1.165) is 11.3 Å². The summed E-state index contributed by atoms with van der Waals surface area (Å²) in [4.78, 5) is 24.2. The molecule has 98 valence electrons. The molecule has 0 aromatic carbocycles. The second-order valence-electron chi connectivity index (χ2n) is 3.97. The minimum atomic E-state index is -0.214. The number of carbonyl (C=O) groups is 1. The van der Waals surface area contributed by atoms with E-state index in [4.69, 9.17) is 0 Å². The van der Waals surface area contributed by atoms with E-state index in [-0.39, 0.29) is 5.91 Å². The Kier molecular flexibility index (Phi) is 3.47. The number of pyridine rings is 2. The van der Waals surface area contributed by atoms with Gasteiger partial charge in [0.1, 0.15) is 0 Å². The van der Waals surface area contributed by atoms with Crippen LogP contribution in [0.5, 0.6) is 0 Å². The van der Waals surface area contributed by atoms with Crippen LogP contribution < -0.4 is 5.32 Å². The van der Waals surface area contributed by atoms with Gasteiger partial charge in [-0.25, -0.2) is 4.98 Å². The van der Waals surface area contributed by atoms with Crippen molar-refractivity contribution in [3.05, 3.63) is 60.0 Å². The number of nitrogens with one attached hydrogen (secondary N) is 1. The fourth-order valence-electron chi connectivity index (χ4n) is 1.65. The lowest BCUT2D eigenvalue weighted by molar-refractivity contribution is 0.102. The first-order chi connectivity index (χ1) is 9.83. The molecule has 0 spiro atoms. The molecule has 3 aromatic heterocycles. The average Bonchev–Trinajstić information content (AvgIpc) is 2.97. The fraction of sp³-hybridized carbons (Fsp3) is 0. The van der Waals surface area contributed by atoms with Gasteiger partial charge in [-0.15, -0.1) is 11.3 Å². The summed E-state index contributed by atoms with van der Waals surface area (Å²) in [5.41, 5.74) is 2.30. The molecular formula is C14H10N4OS. The third-order valence-corrected chi connectivity index (χ3v) is 3.38. The summed E-state index contributed by atoms with van der Waals surface area (Å²) >= 11 is 1.38. The zero-order valence-electron chi connectivity index (χ0n) is 10.4. The van der Waals surface area contributed by atoms with Crippen molar-refractivity contribution in [2.75, 3.05) is 5.32 Å². The second-order valence-corrected chi connectivity index (χ2v) is 4.83. The minimum Gasteiger partial charge on any atom is -0.298 e. The zero-order chi connectivity index (χ0) is 13.8. The van der Waals surface area contributed by atoms with Crippen LogP contribution in [0.25, 0.3) is 11.3 Å². The largest absolute Gasteiger partial charge is 0.298 e. The lowest BCUT2D eigenvalue weighted by Crippen LogP contribution is -2.11. The van der Waals surface area contributed by atoms with Crippen molar-refractivity contribution in [3.63, 3.8) is 0 Å². The molecule has 0 fully saturated rings. The molecule has 1 amide bonds. The Labute approximate surface area is 119 Å². The number of rotatable bonds is 3. The van der Waals surface area contributed by atoms with E-state index in [1.165, 1.54) is 17.5 Å². The maximum Gasteiger partial charge on any atom is 0.259 e. The molecule has 0 unspecified atom stereocenters. The van der Waals surface area contributed by atoms with E-state index in [1.54, 1.807) is 30.7 Å². The summed E-state index contributed by atoms with van der Waals surface area (Å²) in [6.07, 6.45) is 6.57. The number of carbonyl (C=O) groups excluding carboxylic acids is 1. The molecule has 3 aromatic rings. The topological polar surface area (TPSA) is 67.8 Å². The molecule has 0 aliphatic rings. The van der Waals surface area contributed by atoms with Gasteiger partial charge < -0.3 is 0 Å². The van der Waals surface area contributed by atoms with E-state index in [2.05, 4.69) is 20.3 Å². The summed E-state index contributed by atoms with van der Waals surface area (Å²) in [6, 6.07) is 7.18. The summed E-state index contributed by atoms with van der Waals surface area (Å²) in [7, 11) is 0. The number of hydrogen-bond donors (Lipinski definition) is 1. The Balaban J connectivity index is 1.77. The first-order valence-electron chi connectivity index (χ1n) is 5.90. The van der Waals surface area contributed by atoms with Crippen molar-refractivity contribution in [2.45, 2.75) is 0 Å². The highest BCUT2D eigenvalue weighted by Gasteiger charge is 2.09. The highest BCUT2D eigenvalue weighted by molar-refractivity contribution is 7.14. The Hall–Kier alpha value is -2.60. The van der Waals surface area contributed by atoms with Crippen molar-refractivity contribution < 1.29 is 4.79 Å². The Bertz CT molecular complexity index is 712. The van der Waals surface area contributed by atoms with Gasteiger partial charge in [0.15, 0.2) is 5.13 Å². The second kappa shape index (κ2) is 5.58. The van der Waals surface area contributed by atoms with Gasteiger partial charge in [0.05, 0.1) is 11.3 Å². The molecule has 0 saturated carbocycles. The van der Waals surface area contributed by atoms with Gasteiger partial charge in [0.25, 0.3) is 5.91 Å². The van der Waals surface area contributed by atoms with Gasteiger partial charge in [0.2, 0.25) is 0 Å². The molecule has 0 saturated heterocycles. The fourth-order valence-corrected chi connectivity index (χ4v) is 2.37. The number of anilines is 1. The monoisotopic (exact) mass is 282 g/mol. The number of thiazole rings is 1. The molecule has 6 heteroatoms. The van der Waals surface area contributed by atoms with E-state index in [1.807, 2.05) is 17.5 Å². The van der Waals surface area contributed by atoms with Crippen molar-refractivity contribution in [2.24, 2.45) is 0 Å². The van der Waals surface area contributed by atoms with E-state index in [9.17, 15) is 4.79 Å². The third-order valence-electron chi connectivity index (χ3n) is 2.62. The van der Waals surface area contributed by atoms with Crippen molar-refractivity contribution in [1.82, 2.24) is 15.0 Å². The van der Waals surface area contributed by atoms with Gasteiger partial charge in [-0.05, 0) is 24.3 Å². The standard InChI is InChI=1S/C14H10N4OS/c19-13(11-2-1-5-16-8-11)18-14-17-12(9-20-14)10-3-6-15-7-4-10/h1-9H,(H,17,18,19). The average molecular weight is 282 g/mol. The van der Waals surface area contributed by atoms with Crippen LogP contribution in [0.4, 0.5) is 5.13 Å². The SMILES string of the molecule is O=C(Nc1nc(-c2ccncc2)cs1)c1cccnc1. The molecular weight excluding hydrogens is 272 g/mol. The van der Waals surface area contributed by atoms with E-state index >= 15 is 0 Å². The van der Waals surface area contributed by atoms with Crippen LogP contribution in [-0.4, -0.2) is 20.9 Å². The van der Waals surface area contributed by atoms with Crippen molar-refractivity contribution in [1.29, 1.82) is 0 Å². The Morgan fingerprint density at radius 3 is 2.70 bits per heavy atom. The molecule has 3 heterocycles. The Morgan fingerprint density at radius 2 is 1.95 bits per heavy atom. The molecule has 0 aliphatic heterocycles. The van der Waals surface area contributed by atoms with Crippen LogP contribution in [0.15, 0.2) is 54.4 Å². The van der Waals surface area contributed by atoms with Crippen LogP contribution in [0.1, 0.15) is 10.4 Å². The summed E-state index contributed by atoms with van der Waals surface area (Å²) in [5.74, 6) is -0.214. The first kappa shape index (κ1) is 12.4. The van der Waals surface area contributed by atoms with Gasteiger partial charge in [-0.3, -0.25) is 20.1 Å². The number of hydrogen-bond acceptors (Lipinski definition) is 5. The molecule has 3 rings (SSSR count). The van der Waals surface area contributed by atoms with Gasteiger partial charge in [-0.1, -0.05) is 0 Å². The van der Waals surface area contributed by atoms with Crippen LogP contribution in [0.3, 0.4) is 0 Å². The predicted octanol–water partition coefficient (Wildman–Crippen LogP) is 2.85. The molecule has 1 N–H and O–H groups in total. The first-order valence-corrected chi connectivity index (χ1v) is 6.78. The number of nitrogens with zero attached hydrogens (tertiary/aromatic N) is 3. The Morgan fingerprint density at radius 1 is 1.10 bits per heavy atom. The quantitative estimate of drug-likeness (QED) is 0.802. The van der Waals surface area contributed by atoms with Crippen LogP contribution >= 0.6 is 11.3 Å². The zero-order valence-corrected chi connectivity index (χ0v) is 11.2. The molecule has 5 nitrogen and oxygen atoms in total. The van der Waals surface area contributed by atoms with Crippen molar-refractivity contribution >= 4 is 22.4 Å². The highest BCUT2D eigenvalue weighted by Crippen LogP contribution is 2.24. The number of amides is 1. The summed E-state index contributed by atoms with van der Waals surface area (Å²) < 4.78 is 0. The smallest absolute Gasteiger partial charge is 0.259 e. The summed E-state index contributed by atoms with van der Waals surface area (Å²) in [5, 5.41) is 5.22. The summed E-state index contributed by atoms with van der Waals surface area (Å²) in [6.45, 7) is 0. The molecule has 0 atom stereocenters. The molecule has 0 bridgehead atoms. The normalized spacial score (nSPS) is 10.2. The maximum atomic E-state index is 12.0. The van der Waals surface area contributed by atoms with Gasteiger partial charge in [-0.2, -0.15) is 0 Å². The lowest BCUT2D eigenvalue weighted by Gasteiger charge is -2.00. The van der Waals surface area contributed by atoms with Crippen molar-refractivity contribution in [3.8, 4) is 11.3 Å². The van der Waals surface area contributed by atoms with Crippen LogP contribution in [0.2, 0.25) is 0 Å². The van der Waals surface area contributed by atoms with E-state index in [0.29, 0.717) is 10.7 Å².